The minimum absolute atomic E-state index is 0.315. The SMILES string of the molecule is Cc1ccc(Cl)cc1NC(=O)COC(=O)c1ccc2nc(-c3cccnc3)[nH]c2c1. The van der Waals surface area contributed by atoms with Crippen molar-refractivity contribution >= 4 is 40.2 Å². The number of hydrogen-bond acceptors (Lipinski definition) is 5. The summed E-state index contributed by atoms with van der Waals surface area (Å²) in [5.74, 6) is -0.400. The van der Waals surface area contributed by atoms with Crippen LogP contribution in [-0.2, 0) is 9.53 Å². The lowest BCUT2D eigenvalue weighted by Gasteiger charge is -2.09. The van der Waals surface area contributed by atoms with Crippen molar-refractivity contribution < 1.29 is 14.3 Å². The number of benzene rings is 2. The summed E-state index contributed by atoms with van der Waals surface area (Å²) in [5, 5.41) is 3.19. The van der Waals surface area contributed by atoms with Gasteiger partial charge in [0.1, 0.15) is 5.82 Å². The highest BCUT2D eigenvalue weighted by Gasteiger charge is 2.14. The van der Waals surface area contributed by atoms with E-state index in [0.717, 1.165) is 11.1 Å². The Morgan fingerprint density at radius 2 is 2.03 bits per heavy atom. The van der Waals surface area contributed by atoms with Gasteiger partial charge in [-0.15, -0.1) is 0 Å². The molecule has 30 heavy (non-hydrogen) atoms. The first-order valence-corrected chi connectivity index (χ1v) is 9.51. The highest BCUT2D eigenvalue weighted by molar-refractivity contribution is 6.31. The van der Waals surface area contributed by atoms with Crippen molar-refractivity contribution in [2.24, 2.45) is 0 Å². The number of pyridine rings is 1. The number of carbonyl (C=O) groups excluding carboxylic acids is 2. The van der Waals surface area contributed by atoms with Crippen LogP contribution in [0.4, 0.5) is 5.69 Å². The average Bonchev–Trinajstić information content (AvgIpc) is 3.18. The fourth-order valence-corrected chi connectivity index (χ4v) is 3.08. The Labute approximate surface area is 177 Å². The summed E-state index contributed by atoms with van der Waals surface area (Å²) in [4.78, 5) is 36.2. The lowest BCUT2D eigenvalue weighted by molar-refractivity contribution is -0.119. The molecular weight excluding hydrogens is 404 g/mol. The van der Waals surface area contributed by atoms with E-state index in [1.54, 1.807) is 48.8 Å². The lowest BCUT2D eigenvalue weighted by atomic mass is 10.2. The van der Waals surface area contributed by atoms with Crippen molar-refractivity contribution in [3.8, 4) is 11.4 Å². The molecule has 0 spiro atoms. The van der Waals surface area contributed by atoms with Gasteiger partial charge in [0.05, 0.1) is 16.6 Å². The first-order chi connectivity index (χ1) is 14.5. The van der Waals surface area contributed by atoms with Crippen molar-refractivity contribution in [3.05, 3.63) is 77.1 Å². The standard InChI is InChI=1S/C22H17ClN4O3/c1-13-4-6-16(23)10-18(13)25-20(28)12-30-22(29)14-5-7-17-19(9-14)27-21(26-17)15-3-2-8-24-11-15/h2-11H,12H2,1H3,(H,25,28)(H,26,27). The highest BCUT2D eigenvalue weighted by Crippen LogP contribution is 2.22. The van der Waals surface area contributed by atoms with Gasteiger partial charge in [-0.25, -0.2) is 9.78 Å². The van der Waals surface area contributed by atoms with Gasteiger partial charge in [-0.05, 0) is 55.0 Å². The molecule has 0 atom stereocenters. The van der Waals surface area contributed by atoms with Gasteiger partial charge in [-0.1, -0.05) is 17.7 Å². The molecule has 4 aromatic rings. The summed E-state index contributed by atoms with van der Waals surface area (Å²) < 4.78 is 5.14. The molecule has 0 bridgehead atoms. The maximum atomic E-state index is 12.4. The number of aryl methyl sites for hydroxylation is 1. The molecule has 0 aliphatic carbocycles. The molecule has 2 aromatic carbocycles. The molecule has 0 radical (unpaired) electrons. The molecular formula is C22H17ClN4O3. The van der Waals surface area contributed by atoms with Gasteiger partial charge in [0.25, 0.3) is 5.91 Å². The molecule has 0 aliphatic rings. The molecule has 0 saturated carbocycles. The Bertz CT molecular complexity index is 1240. The van der Waals surface area contributed by atoms with Crippen molar-refractivity contribution in [3.63, 3.8) is 0 Å². The van der Waals surface area contributed by atoms with Crippen LogP contribution in [0.5, 0.6) is 0 Å². The summed E-state index contributed by atoms with van der Waals surface area (Å²) in [5.41, 5.74) is 3.97. The quantitative estimate of drug-likeness (QED) is 0.467. The number of hydrogen-bond donors (Lipinski definition) is 2. The maximum Gasteiger partial charge on any atom is 0.338 e. The molecule has 1 amide bonds. The topological polar surface area (TPSA) is 97.0 Å². The third-order valence-electron chi connectivity index (χ3n) is 4.46. The van der Waals surface area contributed by atoms with Crippen LogP contribution in [0.2, 0.25) is 5.02 Å². The monoisotopic (exact) mass is 420 g/mol. The number of H-pyrrole nitrogens is 1. The van der Waals surface area contributed by atoms with Crippen molar-refractivity contribution in [2.45, 2.75) is 6.92 Å². The molecule has 2 heterocycles. The van der Waals surface area contributed by atoms with E-state index in [1.807, 2.05) is 19.1 Å². The van der Waals surface area contributed by atoms with Gasteiger partial charge < -0.3 is 15.0 Å². The third-order valence-corrected chi connectivity index (χ3v) is 4.70. The van der Waals surface area contributed by atoms with Gasteiger partial charge >= 0.3 is 5.97 Å². The van der Waals surface area contributed by atoms with Crippen LogP contribution < -0.4 is 5.32 Å². The Morgan fingerprint density at radius 1 is 1.17 bits per heavy atom. The fourth-order valence-electron chi connectivity index (χ4n) is 2.91. The summed E-state index contributed by atoms with van der Waals surface area (Å²) in [6.07, 6.45) is 3.39. The third kappa shape index (κ3) is 4.31. The Kier molecular flexibility index (Phi) is 5.45. The van der Waals surface area contributed by atoms with Crippen molar-refractivity contribution in [1.29, 1.82) is 0 Å². The number of rotatable bonds is 5. The van der Waals surface area contributed by atoms with Gasteiger partial charge in [-0.2, -0.15) is 0 Å². The number of fused-ring (bicyclic) bond motifs is 1. The van der Waals surface area contributed by atoms with Crippen LogP contribution in [0, 0.1) is 6.92 Å². The van der Waals surface area contributed by atoms with Crippen molar-refractivity contribution in [2.75, 3.05) is 11.9 Å². The number of anilines is 1. The predicted molar refractivity (Wildman–Crippen MR) is 114 cm³/mol. The number of aromatic amines is 1. The second kappa shape index (κ2) is 8.34. The summed E-state index contributed by atoms with van der Waals surface area (Å²) in [6, 6.07) is 13.9. The normalized spacial score (nSPS) is 10.7. The zero-order valence-electron chi connectivity index (χ0n) is 16.0. The van der Waals surface area contributed by atoms with Crippen LogP contribution in [-0.4, -0.2) is 33.4 Å². The maximum absolute atomic E-state index is 12.4. The average molecular weight is 421 g/mol. The van der Waals surface area contributed by atoms with Crippen LogP contribution in [0.25, 0.3) is 22.4 Å². The van der Waals surface area contributed by atoms with E-state index >= 15 is 0 Å². The van der Waals surface area contributed by atoms with Crippen LogP contribution in [0.3, 0.4) is 0 Å². The van der Waals surface area contributed by atoms with E-state index in [1.165, 1.54) is 0 Å². The first-order valence-electron chi connectivity index (χ1n) is 9.13. The molecule has 2 aromatic heterocycles. The Hall–Kier alpha value is -3.71. The minimum Gasteiger partial charge on any atom is -0.452 e. The number of ether oxygens (including phenoxy) is 1. The number of imidazole rings is 1. The summed E-state index contributed by atoms with van der Waals surface area (Å²) in [7, 11) is 0. The van der Waals surface area contributed by atoms with Gasteiger partial charge in [-0.3, -0.25) is 9.78 Å². The number of carbonyl (C=O) groups is 2. The predicted octanol–water partition coefficient (Wildman–Crippen LogP) is 4.38. The highest BCUT2D eigenvalue weighted by atomic mass is 35.5. The Morgan fingerprint density at radius 3 is 2.83 bits per heavy atom. The molecule has 4 rings (SSSR count). The number of nitrogens with zero attached hydrogens (tertiary/aromatic N) is 2. The molecule has 0 unspecified atom stereocenters. The minimum atomic E-state index is -0.604. The molecule has 150 valence electrons. The largest absolute Gasteiger partial charge is 0.452 e. The van der Waals surface area contributed by atoms with E-state index < -0.39 is 18.5 Å². The first kappa shape index (κ1) is 19.6. The van der Waals surface area contributed by atoms with E-state index in [0.29, 0.717) is 33.1 Å². The Balaban J connectivity index is 1.43. The number of esters is 1. The fraction of sp³-hybridized carbons (Fsp3) is 0.0909. The number of nitrogens with one attached hydrogen (secondary N) is 2. The molecule has 2 N–H and O–H groups in total. The van der Waals surface area contributed by atoms with Gasteiger partial charge in [0.15, 0.2) is 6.61 Å². The summed E-state index contributed by atoms with van der Waals surface area (Å²) in [6.45, 7) is 1.43. The molecule has 8 heteroatoms. The second-order valence-electron chi connectivity index (χ2n) is 6.64. The van der Waals surface area contributed by atoms with Gasteiger partial charge in [0, 0.05) is 28.7 Å². The molecule has 0 fully saturated rings. The second-order valence-corrected chi connectivity index (χ2v) is 7.08. The van der Waals surface area contributed by atoms with Gasteiger partial charge in [0.2, 0.25) is 0 Å². The summed E-state index contributed by atoms with van der Waals surface area (Å²) >= 11 is 5.95. The van der Waals surface area contributed by atoms with Crippen molar-refractivity contribution in [1.82, 2.24) is 15.0 Å². The molecule has 7 nitrogen and oxygen atoms in total. The molecule has 0 saturated heterocycles. The van der Waals surface area contributed by atoms with Crippen LogP contribution in [0.1, 0.15) is 15.9 Å². The van der Waals surface area contributed by atoms with Crippen LogP contribution in [0.15, 0.2) is 60.9 Å². The van der Waals surface area contributed by atoms with E-state index in [9.17, 15) is 9.59 Å². The number of halogens is 1. The van der Waals surface area contributed by atoms with E-state index in [-0.39, 0.29) is 0 Å². The van der Waals surface area contributed by atoms with Crippen LogP contribution >= 0.6 is 11.6 Å². The number of amides is 1. The van der Waals surface area contributed by atoms with E-state index in [4.69, 9.17) is 16.3 Å². The zero-order chi connectivity index (χ0) is 21.1. The zero-order valence-corrected chi connectivity index (χ0v) is 16.7. The molecule has 0 aliphatic heterocycles. The number of aromatic nitrogens is 3. The lowest BCUT2D eigenvalue weighted by Crippen LogP contribution is -2.21. The smallest absolute Gasteiger partial charge is 0.338 e. The van der Waals surface area contributed by atoms with E-state index in [2.05, 4.69) is 20.3 Å².